The molecule has 0 spiro atoms. The van der Waals surface area contributed by atoms with Crippen LogP contribution in [0.1, 0.15) is 11.3 Å². The van der Waals surface area contributed by atoms with Crippen LogP contribution in [-0.2, 0) is 22.8 Å². The van der Waals surface area contributed by atoms with Crippen LogP contribution in [0.2, 0.25) is 0 Å². The molecule has 128 valence electrons. The molecule has 3 heterocycles. The second-order valence-electron chi connectivity index (χ2n) is 6.19. The first kappa shape index (κ1) is 15.9. The normalized spacial score (nSPS) is 14.4. The fourth-order valence-corrected chi connectivity index (χ4v) is 3.99. The third-order valence-electron chi connectivity index (χ3n) is 4.39. The van der Waals surface area contributed by atoms with Gasteiger partial charge in [-0.3, -0.25) is 0 Å². The Labute approximate surface area is 146 Å². The van der Waals surface area contributed by atoms with E-state index in [0.29, 0.717) is 18.9 Å². The third-order valence-corrected chi connectivity index (χ3v) is 5.51. The van der Waals surface area contributed by atoms with E-state index in [-0.39, 0.29) is 4.90 Å². The van der Waals surface area contributed by atoms with Crippen molar-refractivity contribution in [1.29, 1.82) is 0 Å². The molecule has 1 aliphatic heterocycles. The average molecular weight is 354 g/mol. The Morgan fingerprint density at radius 3 is 2.68 bits per heavy atom. The number of benzene rings is 1. The van der Waals surface area contributed by atoms with Crippen LogP contribution in [0, 0.1) is 0 Å². The van der Waals surface area contributed by atoms with Crippen LogP contribution < -0.4 is 4.90 Å². The monoisotopic (exact) mass is 354 g/mol. The summed E-state index contributed by atoms with van der Waals surface area (Å²) in [4.78, 5) is 6.54. The lowest BCUT2D eigenvalue weighted by atomic mass is 10.1. The highest BCUT2D eigenvalue weighted by Gasteiger charge is 2.26. The molecule has 0 saturated carbocycles. The number of aromatic nitrogens is 1. The summed E-state index contributed by atoms with van der Waals surface area (Å²) in [6.07, 6.45) is 3.63. The molecule has 0 radical (unpaired) electrons. The van der Waals surface area contributed by atoms with Gasteiger partial charge in [-0.15, -0.1) is 0 Å². The maximum absolute atomic E-state index is 12.0. The van der Waals surface area contributed by atoms with Gasteiger partial charge in [0.1, 0.15) is 22.2 Å². The van der Waals surface area contributed by atoms with E-state index in [1.54, 1.807) is 18.3 Å². The lowest BCUT2D eigenvalue weighted by molar-refractivity contribution is 0.494. The van der Waals surface area contributed by atoms with Crippen molar-refractivity contribution in [1.82, 2.24) is 4.98 Å². The van der Waals surface area contributed by atoms with Crippen molar-refractivity contribution in [2.75, 3.05) is 17.7 Å². The topological polar surface area (TPSA) is 63.4 Å². The van der Waals surface area contributed by atoms with Crippen LogP contribution in [0.3, 0.4) is 0 Å². The number of fused-ring (bicyclic) bond motifs is 1. The van der Waals surface area contributed by atoms with Gasteiger partial charge in [0.05, 0.1) is 6.54 Å². The van der Waals surface area contributed by atoms with Gasteiger partial charge in [-0.2, -0.15) is 0 Å². The number of rotatable bonds is 3. The van der Waals surface area contributed by atoms with Crippen molar-refractivity contribution < 1.29 is 12.8 Å². The molecule has 6 heteroatoms. The molecule has 2 aromatic heterocycles. The lowest BCUT2D eigenvalue weighted by Crippen LogP contribution is -2.31. The van der Waals surface area contributed by atoms with Crippen LogP contribution in [0.25, 0.3) is 11.3 Å². The average Bonchev–Trinajstić information content (AvgIpc) is 3.05. The van der Waals surface area contributed by atoms with Gasteiger partial charge in [0.2, 0.25) is 0 Å². The molecule has 0 saturated heterocycles. The molecule has 1 aromatic carbocycles. The smallest absolute Gasteiger partial charge is 0.179 e. The number of sulfone groups is 1. The standard InChI is InChI=1S/C19H18N2O3S/c1-25(22,23)18-8-5-10-20-19(18)21-11-9-15-12-16(24-17(15)13-21)14-6-3-2-4-7-14/h2-8,10,12H,9,11,13H2,1H3. The van der Waals surface area contributed by atoms with Crippen molar-refractivity contribution in [2.45, 2.75) is 17.9 Å². The van der Waals surface area contributed by atoms with E-state index < -0.39 is 9.84 Å². The summed E-state index contributed by atoms with van der Waals surface area (Å²) in [5.74, 6) is 2.21. The van der Waals surface area contributed by atoms with E-state index >= 15 is 0 Å². The fourth-order valence-electron chi connectivity index (χ4n) is 3.15. The van der Waals surface area contributed by atoms with Crippen molar-refractivity contribution >= 4 is 15.7 Å². The van der Waals surface area contributed by atoms with Crippen LogP contribution in [-0.4, -0.2) is 26.2 Å². The Morgan fingerprint density at radius 1 is 1.12 bits per heavy atom. The second kappa shape index (κ2) is 6.04. The Balaban J connectivity index is 1.68. The molecule has 1 aliphatic rings. The molecule has 3 aromatic rings. The molecule has 0 N–H and O–H groups in total. The minimum Gasteiger partial charge on any atom is -0.459 e. The van der Waals surface area contributed by atoms with Gasteiger partial charge in [0.25, 0.3) is 0 Å². The summed E-state index contributed by atoms with van der Waals surface area (Å²) in [5.41, 5.74) is 2.21. The maximum Gasteiger partial charge on any atom is 0.179 e. The number of hydrogen-bond donors (Lipinski definition) is 0. The molecule has 25 heavy (non-hydrogen) atoms. The largest absolute Gasteiger partial charge is 0.459 e. The predicted molar refractivity (Wildman–Crippen MR) is 96.2 cm³/mol. The predicted octanol–water partition coefficient (Wildman–Crippen LogP) is 3.31. The number of hydrogen-bond acceptors (Lipinski definition) is 5. The Kier molecular flexibility index (Phi) is 3.84. The quantitative estimate of drug-likeness (QED) is 0.722. The number of pyridine rings is 1. The fraction of sp³-hybridized carbons (Fsp3) is 0.211. The van der Waals surface area contributed by atoms with Crippen molar-refractivity contribution in [2.24, 2.45) is 0 Å². The van der Waals surface area contributed by atoms with Gasteiger partial charge in [-0.1, -0.05) is 30.3 Å². The molecule has 0 amide bonds. The molecule has 0 bridgehead atoms. The molecular formula is C19H18N2O3S. The Morgan fingerprint density at radius 2 is 1.92 bits per heavy atom. The summed E-state index contributed by atoms with van der Waals surface area (Å²) in [6.45, 7) is 1.22. The van der Waals surface area contributed by atoms with Crippen LogP contribution in [0.15, 0.2) is 64.0 Å². The highest BCUT2D eigenvalue weighted by Crippen LogP contribution is 2.32. The van der Waals surface area contributed by atoms with E-state index in [0.717, 1.165) is 23.5 Å². The van der Waals surface area contributed by atoms with Crippen LogP contribution >= 0.6 is 0 Å². The highest BCUT2D eigenvalue weighted by atomic mass is 32.2. The van der Waals surface area contributed by atoms with Crippen LogP contribution in [0.4, 0.5) is 5.82 Å². The van der Waals surface area contributed by atoms with E-state index in [4.69, 9.17) is 4.42 Å². The highest BCUT2D eigenvalue weighted by molar-refractivity contribution is 7.90. The minimum atomic E-state index is -3.33. The summed E-state index contributed by atoms with van der Waals surface area (Å²) < 4.78 is 30.1. The van der Waals surface area contributed by atoms with Crippen molar-refractivity contribution in [3.05, 3.63) is 66.1 Å². The van der Waals surface area contributed by atoms with Crippen molar-refractivity contribution in [3.8, 4) is 11.3 Å². The Bertz CT molecular complexity index is 1010. The number of nitrogens with zero attached hydrogens (tertiary/aromatic N) is 2. The number of furan rings is 1. The Hall–Kier alpha value is -2.60. The first-order valence-electron chi connectivity index (χ1n) is 8.09. The molecule has 0 atom stereocenters. The van der Waals surface area contributed by atoms with Gasteiger partial charge < -0.3 is 9.32 Å². The van der Waals surface area contributed by atoms with Gasteiger partial charge in [-0.05, 0) is 30.2 Å². The molecule has 0 aliphatic carbocycles. The zero-order valence-corrected chi connectivity index (χ0v) is 14.7. The summed E-state index contributed by atoms with van der Waals surface area (Å²) in [7, 11) is -3.33. The number of anilines is 1. The van der Waals surface area contributed by atoms with E-state index in [1.165, 1.54) is 11.8 Å². The second-order valence-corrected chi connectivity index (χ2v) is 8.18. The molecule has 4 rings (SSSR count). The molecule has 0 fully saturated rings. The maximum atomic E-state index is 12.0. The molecular weight excluding hydrogens is 336 g/mol. The first-order chi connectivity index (χ1) is 12.0. The van der Waals surface area contributed by atoms with Gasteiger partial charge in [0.15, 0.2) is 9.84 Å². The first-order valence-corrected chi connectivity index (χ1v) is 9.98. The minimum absolute atomic E-state index is 0.258. The SMILES string of the molecule is CS(=O)(=O)c1cccnc1N1CCc2cc(-c3ccccc3)oc2C1. The summed E-state index contributed by atoms with van der Waals surface area (Å²) in [6, 6.07) is 15.3. The lowest BCUT2D eigenvalue weighted by Gasteiger charge is -2.28. The van der Waals surface area contributed by atoms with E-state index in [9.17, 15) is 8.42 Å². The van der Waals surface area contributed by atoms with Crippen molar-refractivity contribution in [3.63, 3.8) is 0 Å². The van der Waals surface area contributed by atoms with Gasteiger partial charge in [-0.25, -0.2) is 13.4 Å². The summed E-state index contributed by atoms with van der Waals surface area (Å²) >= 11 is 0. The third kappa shape index (κ3) is 3.05. The summed E-state index contributed by atoms with van der Waals surface area (Å²) in [5, 5.41) is 0. The van der Waals surface area contributed by atoms with Gasteiger partial charge in [0, 0.05) is 24.6 Å². The van der Waals surface area contributed by atoms with Gasteiger partial charge >= 0.3 is 0 Å². The van der Waals surface area contributed by atoms with Crippen LogP contribution in [0.5, 0.6) is 0 Å². The molecule has 0 unspecified atom stereocenters. The van der Waals surface area contributed by atoms with E-state index in [1.807, 2.05) is 35.2 Å². The zero-order valence-electron chi connectivity index (χ0n) is 13.8. The zero-order chi connectivity index (χ0) is 17.4. The van der Waals surface area contributed by atoms with E-state index in [2.05, 4.69) is 11.1 Å². The molecule has 5 nitrogen and oxygen atoms in total.